The van der Waals surface area contributed by atoms with E-state index in [1.54, 1.807) is 18.2 Å². The first-order chi connectivity index (χ1) is 8.45. The molecule has 18 heavy (non-hydrogen) atoms. The molecule has 0 aromatic heterocycles. The molecule has 0 fully saturated rings. The van der Waals surface area contributed by atoms with Crippen LogP contribution < -0.4 is 4.74 Å². The first kappa shape index (κ1) is 14.3. The summed E-state index contributed by atoms with van der Waals surface area (Å²) in [6.07, 6.45) is 0.107. The summed E-state index contributed by atoms with van der Waals surface area (Å²) < 4.78 is 5.05. The van der Waals surface area contributed by atoms with Gasteiger partial charge in [0.1, 0.15) is 0 Å². The summed E-state index contributed by atoms with van der Waals surface area (Å²) in [4.78, 5) is 12.5. The van der Waals surface area contributed by atoms with Gasteiger partial charge < -0.3 is 14.9 Å². The van der Waals surface area contributed by atoms with Gasteiger partial charge in [-0.05, 0) is 31.7 Å². The van der Waals surface area contributed by atoms with E-state index in [1.165, 1.54) is 7.11 Å². The first-order valence-corrected chi connectivity index (χ1v) is 5.74. The van der Waals surface area contributed by atoms with E-state index in [-0.39, 0.29) is 18.2 Å². The fourth-order valence-electron chi connectivity index (χ4n) is 1.67. The number of phenolic OH excluding ortho intramolecular Hbond substituents is 1. The maximum absolute atomic E-state index is 10.5. The molecule has 0 amide bonds. The van der Waals surface area contributed by atoms with Gasteiger partial charge in [-0.25, -0.2) is 0 Å². The molecule has 0 saturated heterocycles. The lowest BCUT2D eigenvalue weighted by atomic mass is 10.1. The molecule has 100 valence electrons. The number of carboxylic acids is 1. The summed E-state index contributed by atoms with van der Waals surface area (Å²) in [6, 6.07) is 5.20. The van der Waals surface area contributed by atoms with E-state index in [9.17, 15) is 9.90 Å². The summed E-state index contributed by atoms with van der Waals surface area (Å²) in [5.74, 6) is -0.287. The summed E-state index contributed by atoms with van der Waals surface area (Å²) in [5.41, 5.74) is 0.970. The van der Waals surface area contributed by atoms with Crippen molar-refractivity contribution in [2.24, 2.45) is 0 Å². The molecule has 0 bridgehead atoms. The van der Waals surface area contributed by atoms with Crippen LogP contribution in [0.3, 0.4) is 0 Å². The van der Waals surface area contributed by atoms with Crippen molar-refractivity contribution >= 4 is 5.97 Å². The SMILES string of the molecule is COc1cc(C(C)N(C)CCC(=O)O)ccc1O. The topological polar surface area (TPSA) is 70.0 Å². The van der Waals surface area contributed by atoms with E-state index in [1.807, 2.05) is 18.9 Å². The molecule has 0 heterocycles. The molecule has 2 N–H and O–H groups in total. The molecule has 0 saturated carbocycles. The number of hydrogen-bond acceptors (Lipinski definition) is 4. The Morgan fingerprint density at radius 1 is 1.50 bits per heavy atom. The number of benzene rings is 1. The fraction of sp³-hybridized carbons (Fsp3) is 0.462. The van der Waals surface area contributed by atoms with E-state index in [2.05, 4.69) is 0 Å². The number of aliphatic carboxylic acids is 1. The van der Waals surface area contributed by atoms with Gasteiger partial charge in [0, 0.05) is 12.6 Å². The van der Waals surface area contributed by atoms with Crippen LogP contribution in [0.15, 0.2) is 18.2 Å². The van der Waals surface area contributed by atoms with Gasteiger partial charge >= 0.3 is 5.97 Å². The largest absolute Gasteiger partial charge is 0.504 e. The van der Waals surface area contributed by atoms with Gasteiger partial charge in [0.15, 0.2) is 11.5 Å². The maximum Gasteiger partial charge on any atom is 0.304 e. The van der Waals surface area contributed by atoms with E-state index in [4.69, 9.17) is 9.84 Å². The molecule has 1 aromatic carbocycles. The predicted molar refractivity (Wildman–Crippen MR) is 68.0 cm³/mol. The summed E-state index contributed by atoms with van der Waals surface area (Å²) >= 11 is 0. The zero-order valence-corrected chi connectivity index (χ0v) is 10.9. The van der Waals surface area contributed by atoms with Crippen LogP contribution in [0.5, 0.6) is 11.5 Å². The number of hydrogen-bond donors (Lipinski definition) is 2. The smallest absolute Gasteiger partial charge is 0.304 e. The third kappa shape index (κ3) is 3.63. The van der Waals surface area contributed by atoms with Crippen molar-refractivity contribution in [3.63, 3.8) is 0 Å². The number of methoxy groups -OCH3 is 1. The van der Waals surface area contributed by atoms with Crippen molar-refractivity contribution in [1.29, 1.82) is 0 Å². The molecule has 1 unspecified atom stereocenters. The first-order valence-electron chi connectivity index (χ1n) is 5.74. The van der Waals surface area contributed by atoms with Crippen LogP contribution in [0.1, 0.15) is 24.9 Å². The molecule has 1 rings (SSSR count). The van der Waals surface area contributed by atoms with E-state index < -0.39 is 5.97 Å². The van der Waals surface area contributed by atoms with Gasteiger partial charge in [-0.2, -0.15) is 0 Å². The Bertz CT molecular complexity index is 419. The van der Waals surface area contributed by atoms with Crippen LogP contribution in [0.4, 0.5) is 0 Å². The molecule has 1 aromatic rings. The number of rotatable bonds is 6. The highest BCUT2D eigenvalue weighted by Gasteiger charge is 2.14. The lowest BCUT2D eigenvalue weighted by Gasteiger charge is -2.24. The van der Waals surface area contributed by atoms with Crippen LogP contribution in [0, 0.1) is 0 Å². The Kier molecular flexibility index (Phi) is 4.97. The van der Waals surface area contributed by atoms with Crippen molar-refractivity contribution in [3.05, 3.63) is 23.8 Å². The summed E-state index contributed by atoms with van der Waals surface area (Å²) in [6.45, 7) is 2.45. The zero-order chi connectivity index (χ0) is 13.7. The number of nitrogens with zero attached hydrogens (tertiary/aromatic N) is 1. The van der Waals surface area contributed by atoms with E-state index in [0.29, 0.717) is 12.3 Å². The third-order valence-corrected chi connectivity index (χ3v) is 3.03. The molecule has 1 atom stereocenters. The minimum absolute atomic E-state index is 0.0545. The van der Waals surface area contributed by atoms with E-state index >= 15 is 0 Å². The molecule has 0 spiro atoms. The summed E-state index contributed by atoms with van der Waals surface area (Å²) in [7, 11) is 3.37. The van der Waals surface area contributed by atoms with Crippen LogP contribution >= 0.6 is 0 Å². The molecular weight excluding hydrogens is 234 g/mol. The van der Waals surface area contributed by atoms with Gasteiger partial charge in [-0.3, -0.25) is 9.69 Å². The second-order valence-electron chi connectivity index (χ2n) is 4.23. The average molecular weight is 253 g/mol. The van der Waals surface area contributed by atoms with Crippen LogP contribution in [-0.2, 0) is 4.79 Å². The Labute approximate surface area is 107 Å². The number of carboxylic acid groups (broad SMARTS) is 1. The zero-order valence-electron chi connectivity index (χ0n) is 10.9. The monoisotopic (exact) mass is 253 g/mol. The lowest BCUT2D eigenvalue weighted by Crippen LogP contribution is -2.25. The Morgan fingerprint density at radius 2 is 2.17 bits per heavy atom. The Balaban J connectivity index is 2.76. The highest BCUT2D eigenvalue weighted by Crippen LogP contribution is 2.30. The van der Waals surface area contributed by atoms with Crippen LogP contribution in [0.25, 0.3) is 0 Å². The van der Waals surface area contributed by atoms with Gasteiger partial charge in [0.05, 0.1) is 13.5 Å². The Hall–Kier alpha value is -1.75. The van der Waals surface area contributed by atoms with Gasteiger partial charge in [-0.1, -0.05) is 6.07 Å². The van der Waals surface area contributed by atoms with Crippen molar-refractivity contribution in [2.75, 3.05) is 20.7 Å². The van der Waals surface area contributed by atoms with E-state index in [0.717, 1.165) is 5.56 Å². The number of aromatic hydroxyl groups is 1. The predicted octanol–water partition coefficient (Wildman–Crippen LogP) is 1.87. The van der Waals surface area contributed by atoms with Gasteiger partial charge in [-0.15, -0.1) is 0 Å². The highest BCUT2D eigenvalue weighted by molar-refractivity contribution is 5.66. The second kappa shape index (κ2) is 6.26. The number of carbonyl (C=O) groups is 1. The third-order valence-electron chi connectivity index (χ3n) is 3.03. The molecule has 5 heteroatoms. The molecule has 0 aliphatic rings. The highest BCUT2D eigenvalue weighted by atomic mass is 16.5. The minimum atomic E-state index is -0.808. The lowest BCUT2D eigenvalue weighted by molar-refractivity contribution is -0.137. The molecular formula is C13H19NO4. The van der Waals surface area contributed by atoms with Gasteiger partial charge in [0.25, 0.3) is 0 Å². The quantitative estimate of drug-likeness (QED) is 0.810. The number of phenols is 1. The van der Waals surface area contributed by atoms with Crippen molar-refractivity contribution in [2.45, 2.75) is 19.4 Å². The van der Waals surface area contributed by atoms with Crippen LogP contribution in [-0.4, -0.2) is 41.8 Å². The van der Waals surface area contributed by atoms with Crippen molar-refractivity contribution < 1.29 is 19.7 Å². The van der Waals surface area contributed by atoms with Gasteiger partial charge in [0.2, 0.25) is 0 Å². The average Bonchev–Trinajstić information content (AvgIpc) is 2.35. The molecule has 0 aliphatic carbocycles. The van der Waals surface area contributed by atoms with Crippen molar-refractivity contribution in [1.82, 2.24) is 4.90 Å². The minimum Gasteiger partial charge on any atom is -0.504 e. The maximum atomic E-state index is 10.5. The summed E-state index contributed by atoms with van der Waals surface area (Å²) in [5, 5.41) is 18.2. The standard InChI is InChI=1S/C13H19NO4/c1-9(14(2)7-6-13(16)17)10-4-5-11(15)12(8-10)18-3/h4-5,8-9,15H,6-7H2,1-3H3,(H,16,17). The Morgan fingerprint density at radius 3 is 2.72 bits per heavy atom. The van der Waals surface area contributed by atoms with Crippen molar-refractivity contribution in [3.8, 4) is 11.5 Å². The fourth-order valence-corrected chi connectivity index (χ4v) is 1.67. The molecule has 0 radical (unpaired) electrons. The molecule has 5 nitrogen and oxygen atoms in total. The second-order valence-corrected chi connectivity index (χ2v) is 4.23. The number of ether oxygens (including phenoxy) is 1. The normalized spacial score (nSPS) is 12.4. The van der Waals surface area contributed by atoms with Crippen LogP contribution in [0.2, 0.25) is 0 Å². The molecule has 0 aliphatic heterocycles.